The van der Waals surface area contributed by atoms with Crippen molar-refractivity contribution in [3.05, 3.63) is 35.9 Å². The lowest BCUT2D eigenvalue weighted by Gasteiger charge is -2.35. The van der Waals surface area contributed by atoms with E-state index >= 15 is 0 Å². The number of hydrogen-bond acceptors (Lipinski definition) is 3. The van der Waals surface area contributed by atoms with Gasteiger partial charge in [0.05, 0.1) is 5.41 Å². The van der Waals surface area contributed by atoms with E-state index in [4.69, 9.17) is 10.5 Å². The Morgan fingerprint density at radius 1 is 1.12 bits per heavy atom. The number of nitrogens with two attached hydrogens (primary N) is 1. The van der Waals surface area contributed by atoms with Gasteiger partial charge < -0.3 is 15.8 Å². The molecule has 1 aliphatic heterocycles. The smallest absolute Gasteiger partial charge is 0.227 e. The first-order chi connectivity index (χ1) is 11.7. The predicted molar refractivity (Wildman–Crippen MR) is 95.7 cm³/mol. The van der Waals surface area contributed by atoms with Crippen molar-refractivity contribution in [3.63, 3.8) is 0 Å². The number of benzene rings is 1. The molecule has 4 heteroatoms. The second kappa shape index (κ2) is 8.13. The minimum atomic E-state index is -0.403. The highest BCUT2D eigenvalue weighted by Gasteiger charge is 2.38. The van der Waals surface area contributed by atoms with Crippen molar-refractivity contribution in [1.29, 1.82) is 0 Å². The van der Waals surface area contributed by atoms with Crippen molar-refractivity contribution in [3.8, 4) is 0 Å². The first kappa shape index (κ1) is 17.4. The van der Waals surface area contributed by atoms with E-state index in [9.17, 15) is 4.79 Å². The van der Waals surface area contributed by atoms with Gasteiger partial charge >= 0.3 is 0 Å². The SMILES string of the molecule is NCC1(C(=O)NCC2CCC(c3ccccc3)CC2)CCOCC1. The van der Waals surface area contributed by atoms with Crippen LogP contribution in [0.15, 0.2) is 30.3 Å². The summed E-state index contributed by atoms with van der Waals surface area (Å²) in [5.41, 5.74) is 6.97. The first-order valence-electron chi connectivity index (χ1n) is 9.34. The Morgan fingerprint density at radius 2 is 1.79 bits per heavy atom. The number of nitrogens with one attached hydrogen (secondary N) is 1. The van der Waals surface area contributed by atoms with Crippen molar-refractivity contribution in [2.45, 2.75) is 44.4 Å². The zero-order valence-corrected chi connectivity index (χ0v) is 14.5. The molecule has 0 unspecified atom stereocenters. The molecular weight excluding hydrogens is 300 g/mol. The molecule has 1 saturated carbocycles. The summed E-state index contributed by atoms with van der Waals surface area (Å²) in [7, 11) is 0. The average Bonchev–Trinajstić information content (AvgIpc) is 2.67. The molecule has 1 aliphatic carbocycles. The van der Waals surface area contributed by atoms with Crippen LogP contribution in [0.5, 0.6) is 0 Å². The Bertz CT molecular complexity index is 518. The third-order valence-electron chi connectivity index (χ3n) is 5.99. The Kier molecular flexibility index (Phi) is 5.90. The lowest BCUT2D eigenvalue weighted by atomic mass is 9.77. The summed E-state index contributed by atoms with van der Waals surface area (Å²) >= 11 is 0. The third-order valence-corrected chi connectivity index (χ3v) is 5.99. The van der Waals surface area contributed by atoms with E-state index < -0.39 is 5.41 Å². The summed E-state index contributed by atoms with van der Waals surface area (Å²) in [5, 5.41) is 3.19. The van der Waals surface area contributed by atoms with E-state index in [2.05, 4.69) is 35.6 Å². The van der Waals surface area contributed by atoms with Gasteiger partial charge in [0, 0.05) is 26.3 Å². The molecule has 2 fully saturated rings. The molecule has 3 rings (SSSR count). The van der Waals surface area contributed by atoms with Crippen LogP contribution in [0.25, 0.3) is 0 Å². The number of carbonyl (C=O) groups excluding carboxylic acids is 1. The van der Waals surface area contributed by atoms with Crippen LogP contribution in [0.2, 0.25) is 0 Å². The van der Waals surface area contributed by atoms with Crippen LogP contribution in [-0.2, 0) is 9.53 Å². The molecule has 0 aromatic heterocycles. The second-order valence-electron chi connectivity index (χ2n) is 7.44. The number of ether oxygens (including phenoxy) is 1. The molecule has 132 valence electrons. The zero-order valence-electron chi connectivity index (χ0n) is 14.5. The zero-order chi connectivity index (χ0) is 16.8. The quantitative estimate of drug-likeness (QED) is 0.872. The molecular formula is C20H30N2O2. The fourth-order valence-corrected chi connectivity index (χ4v) is 4.14. The molecule has 0 radical (unpaired) electrons. The number of rotatable bonds is 5. The molecule has 1 saturated heterocycles. The monoisotopic (exact) mass is 330 g/mol. The molecule has 24 heavy (non-hydrogen) atoms. The first-order valence-corrected chi connectivity index (χ1v) is 9.34. The van der Waals surface area contributed by atoms with Crippen molar-refractivity contribution in [2.24, 2.45) is 17.1 Å². The van der Waals surface area contributed by atoms with Crippen molar-refractivity contribution < 1.29 is 9.53 Å². The standard InChI is InChI=1S/C20H30N2O2/c21-15-20(10-12-24-13-11-20)19(23)22-14-16-6-8-18(9-7-16)17-4-2-1-3-5-17/h1-5,16,18H,6-15,21H2,(H,22,23). The Balaban J connectivity index is 1.45. The summed E-state index contributed by atoms with van der Waals surface area (Å²) < 4.78 is 5.39. The van der Waals surface area contributed by atoms with E-state index in [1.165, 1.54) is 31.2 Å². The maximum Gasteiger partial charge on any atom is 0.227 e. The lowest BCUT2D eigenvalue weighted by Crippen LogP contribution is -2.50. The van der Waals surface area contributed by atoms with E-state index in [0.717, 1.165) is 19.4 Å². The molecule has 0 bridgehead atoms. The van der Waals surface area contributed by atoms with Crippen LogP contribution in [0.1, 0.15) is 50.0 Å². The van der Waals surface area contributed by atoms with Crippen LogP contribution in [0.4, 0.5) is 0 Å². The summed E-state index contributed by atoms with van der Waals surface area (Å²) in [4.78, 5) is 12.6. The van der Waals surface area contributed by atoms with Gasteiger partial charge in [0.1, 0.15) is 0 Å². The molecule has 1 aromatic rings. The molecule has 0 spiro atoms. The van der Waals surface area contributed by atoms with E-state index in [1.807, 2.05) is 0 Å². The van der Waals surface area contributed by atoms with Gasteiger partial charge in [-0.05, 0) is 55.9 Å². The summed E-state index contributed by atoms with van der Waals surface area (Å²) in [6, 6.07) is 10.8. The highest BCUT2D eigenvalue weighted by atomic mass is 16.5. The Labute approximate surface area is 145 Å². The highest BCUT2D eigenvalue weighted by molar-refractivity contribution is 5.83. The molecule has 2 aliphatic rings. The highest BCUT2D eigenvalue weighted by Crippen LogP contribution is 2.35. The summed E-state index contributed by atoms with van der Waals surface area (Å²) in [6.45, 7) is 2.51. The molecule has 0 atom stereocenters. The summed E-state index contributed by atoms with van der Waals surface area (Å²) in [6.07, 6.45) is 6.32. The van der Waals surface area contributed by atoms with Gasteiger partial charge in [-0.3, -0.25) is 4.79 Å². The fourth-order valence-electron chi connectivity index (χ4n) is 4.14. The number of carbonyl (C=O) groups is 1. The van der Waals surface area contributed by atoms with Crippen LogP contribution in [0.3, 0.4) is 0 Å². The summed E-state index contributed by atoms with van der Waals surface area (Å²) in [5.74, 6) is 1.42. The van der Waals surface area contributed by atoms with Crippen LogP contribution in [0, 0.1) is 11.3 Å². The van der Waals surface area contributed by atoms with Gasteiger partial charge in [0.25, 0.3) is 0 Å². The van der Waals surface area contributed by atoms with Gasteiger partial charge in [-0.2, -0.15) is 0 Å². The van der Waals surface area contributed by atoms with Gasteiger partial charge in [0.2, 0.25) is 5.91 Å². The maximum atomic E-state index is 12.6. The largest absolute Gasteiger partial charge is 0.381 e. The van der Waals surface area contributed by atoms with E-state index in [-0.39, 0.29) is 5.91 Å². The van der Waals surface area contributed by atoms with E-state index in [0.29, 0.717) is 31.6 Å². The predicted octanol–water partition coefficient (Wildman–Crippen LogP) is 2.83. The molecule has 4 nitrogen and oxygen atoms in total. The minimum Gasteiger partial charge on any atom is -0.381 e. The fraction of sp³-hybridized carbons (Fsp3) is 0.650. The van der Waals surface area contributed by atoms with Gasteiger partial charge in [-0.25, -0.2) is 0 Å². The number of hydrogen-bond donors (Lipinski definition) is 2. The topological polar surface area (TPSA) is 64.4 Å². The normalized spacial score (nSPS) is 26.7. The van der Waals surface area contributed by atoms with Gasteiger partial charge in [-0.15, -0.1) is 0 Å². The van der Waals surface area contributed by atoms with Crippen molar-refractivity contribution >= 4 is 5.91 Å². The molecule has 1 heterocycles. The third kappa shape index (κ3) is 3.98. The van der Waals surface area contributed by atoms with Crippen LogP contribution < -0.4 is 11.1 Å². The molecule has 1 amide bonds. The van der Waals surface area contributed by atoms with Gasteiger partial charge in [-0.1, -0.05) is 30.3 Å². The lowest BCUT2D eigenvalue weighted by molar-refractivity contribution is -0.136. The van der Waals surface area contributed by atoms with E-state index in [1.54, 1.807) is 0 Å². The van der Waals surface area contributed by atoms with Gasteiger partial charge in [0.15, 0.2) is 0 Å². The molecule has 1 aromatic carbocycles. The second-order valence-corrected chi connectivity index (χ2v) is 7.44. The minimum absolute atomic E-state index is 0.137. The van der Waals surface area contributed by atoms with Crippen molar-refractivity contribution in [2.75, 3.05) is 26.3 Å². The van der Waals surface area contributed by atoms with Crippen LogP contribution >= 0.6 is 0 Å². The Hall–Kier alpha value is -1.39. The average molecular weight is 330 g/mol. The Morgan fingerprint density at radius 3 is 2.42 bits per heavy atom. The van der Waals surface area contributed by atoms with Crippen LogP contribution in [-0.4, -0.2) is 32.2 Å². The molecule has 3 N–H and O–H groups in total. The van der Waals surface area contributed by atoms with Crippen molar-refractivity contribution in [1.82, 2.24) is 5.32 Å². The maximum absolute atomic E-state index is 12.6. The number of amides is 1.